The van der Waals surface area contributed by atoms with Crippen molar-refractivity contribution in [3.8, 4) is 0 Å². The predicted molar refractivity (Wildman–Crippen MR) is 97.6 cm³/mol. The van der Waals surface area contributed by atoms with Gasteiger partial charge < -0.3 is 20.3 Å². The minimum absolute atomic E-state index is 0.192. The average Bonchev–Trinajstić information content (AvgIpc) is 3.03. The Morgan fingerprint density at radius 1 is 1.24 bits per heavy atom. The van der Waals surface area contributed by atoms with Gasteiger partial charge in [0.25, 0.3) is 5.91 Å². The van der Waals surface area contributed by atoms with E-state index in [9.17, 15) is 14.9 Å². The Kier molecular flexibility index (Phi) is 7.03. The number of halogens is 2. The third-order valence-electron chi connectivity index (χ3n) is 3.40. The van der Waals surface area contributed by atoms with E-state index in [-0.39, 0.29) is 18.4 Å². The fourth-order valence-corrected chi connectivity index (χ4v) is 2.69. The highest BCUT2D eigenvalue weighted by Crippen LogP contribution is 2.18. The molecule has 0 fully saturated rings. The van der Waals surface area contributed by atoms with Gasteiger partial charge in [0.15, 0.2) is 6.54 Å². The van der Waals surface area contributed by atoms with Gasteiger partial charge in [0.1, 0.15) is 12.4 Å². The van der Waals surface area contributed by atoms with E-state index >= 15 is 0 Å². The molecule has 0 aliphatic carbocycles. The van der Waals surface area contributed by atoms with Gasteiger partial charge in [-0.1, -0.05) is 4.98 Å². The predicted octanol–water partition coefficient (Wildman–Crippen LogP) is 2.71. The van der Waals surface area contributed by atoms with Gasteiger partial charge in [-0.15, -0.1) is 23.2 Å². The standard InChI is InChI=1S/C15H17Cl2N5O3/c16-5-8-20(9-6-17)13-3-1-12(2-4-13)19-14(23)11-21-10-7-18-15(21)22(24)25/h1-4,7,10H,5-6,8-9,11H2,(H,19,23). The van der Waals surface area contributed by atoms with Crippen LogP contribution < -0.4 is 10.2 Å². The second-order valence-corrected chi connectivity index (χ2v) is 5.83. The molecule has 25 heavy (non-hydrogen) atoms. The quantitative estimate of drug-likeness (QED) is 0.406. The first-order valence-corrected chi connectivity index (χ1v) is 8.54. The van der Waals surface area contributed by atoms with Crippen LogP contribution in [0.2, 0.25) is 0 Å². The van der Waals surface area contributed by atoms with Crippen LogP contribution in [-0.4, -0.2) is 45.2 Å². The van der Waals surface area contributed by atoms with Crippen LogP contribution in [0.15, 0.2) is 36.7 Å². The maximum Gasteiger partial charge on any atom is 0.435 e. The van der Waals surface area contributed by atoms with Crippen LogP contribution in [-0.2, 0) is 11.3 Å². The molecular formula is C15H17Cl2N5O3. The molecule has 0 atom stereocenters. The largest absolute Gasteiger partial charge is 0.435 e. The third kappa shape index (κ3) is 5.33. The molecule has 1 aromatic carbocycles. The monoisotopic (exact) mass is 385 g/mol. The average molecular weight is 386 g/mol. The number of anilines is 2. The van der Waals surface area contributed by atoms with Crippen molar-refractivity contribution in [2.45, 2.75) is 6.54 Å². The number of rotatable bonds is 9. The summed E-state index contributed by atoms with van der Waals surface area (Å²) in [5.41, 5.74) is 1.54. The summed E-state index contributed by atoms with van der Waals surface area (Å²) in [4.78, 5) is 27.9. The highest BCUT2D eigenvalue weighted by atomic mass is 35.5. The molecule has 0 bridgehead atoms. The van der Waals surface area contributed by atoms with Crippen LogP contribution in [0.3, 0.4) is 0 Å². The summed E-state index contributed by atoms with van der Waals surface area (Å²) in [6, 6.07) is 7.22. The van der Waals surface area contributed by atoms with Crippen LogP contribution in [0.4, 0.5) is 17.3 Å². The Morgan fingerprint density at radius 2 is 1.88 bits per heavy atom. The molecule has 1 N–H and O–H groups in total. The number of imidazole rings is 1. The lowest BCUT2D eigenvalue weighted by molar-refractivity contribution is -0.396. The van der Waals surface area contributed by atoms with Gasteiger partial charge in [-0.3, -0.25) is 4.79 Å². The second kappa shape index (κ2) is 9.24. The number of alkyl halides is 2. The fraction of sp³-hybridized carbons (Fsp3) is 0.333. The van der Waals surface area contributed by atoms with Crippen molar-refractivity contribution < 1.29 is 9.72 Å². The highest BCUT2D eigenvalue weighted by molar-refractivity contribution is 6.18. The zero-order valence-electron chi connectivity index (χ0n) is 13.3. The molecule has 0 saturated carbocycles. The number of amides is 1. The molecule has 0 radical (unpaired) electrons. The summed E-state index contributed by atoms with van der Waals surface area (Å²) in [6.07, 6.45) is 2.67. The molecule has 1 amide bonds. The van der Waals surface area contributed by atoms with Crippen molar-refractivity contribution in [2.75, 3.05) is 35.1 Å². The first-order valence-electron chi connectivity index (χ1n) is 7.47. The molecule has 0 spiro atoms. The molecular weight excluding hydrogens is 369 g/mol. The third-order valence-corrected chi connectivity index (χ3v) is 3.73. The van der Waals surface area contributed by atoms with Gasteiger partial charge in [0.2, 0.25) is 0 Å². The highest BCUT2D eigenvalue weighted by Gasteiger charge is 2.17. The summed E-state index contributed by atoms with van der Waals surface area (Å²) in [5, 5.41) is 13.5. The van der Waals surface area contributed by atoms with Crippen molar-refractivity contribution in [2.24, 2.45) is 0 Å². The van der Waals surface area contributed by atoms with E-state index in [2.05, 4.69) is 10.3 Å². The van der Waals surface area contributed by atoms with E-state index in [4.69, 9.17) is 23.2 Å². The first-order chi connectivity index (χ1) is 12.0. The summed E-state index contributed by atoms with van der Waals surface area (Å²) >= 11 is 11.6. The van der Waals surface area contributed by atoms with Crippen molar-refractivity contribution in [3.05, 3.63) is 46.8 Å². The number of aromatic nitrogens is 2. The molecule has 134 valence electrons. The molecule has 2 rings (SSSR count). The minimum Gasteiger partial charge on any atom is -0.390 e. The van der Waals surface area contributed by atoms with Gasteiger partial charge in [-0.25, -0.2) is 4.57 Å². The van der Waals surface area contributed by atoms with E-state index in [0.717, 1.165) is 5.69 Å². The van der Waals surface area contributed by atoms with Crippen LogP contribution in [0, 0.1) is 10.1 Å². The van der Waals surface area contributed by atoms with E-state index < -0.39 is 4.92 Å². The molecule has 1 heterocycles. The molecule has 0 unspecified atom stereocenters. The molecule has 0 aliphatic heterocycles. The van der Waals surface area contributed by atoms with Gasteiger partial charge in [0.05, 0.1) is 0 Å². The van der Waals surface area contributed by atoms with Gasteiger partial charge in [-0.2, -0.15) is 0 Å². The van der Waals surface area contributed by atoms with Gasteiger partial charge >= 0.3 is 5.95 Å². The van der Waals surface area contributed by atoms with Crippen LogP contribution in [0.25, 0.3) is 0 Å². The molecule has 2 aromatic rings. The van der Waals surface area contributed by atoms with E-state index in [1.165, 1.54) is 17.0 Å². The SMILES string of the molecule is O=C(Cn1ccnc1[N+](=O)[O-])Nc1ccc(N(CCCl)CCCl)cc1. The Hall–Kier alpha value is -2.32. The Labute approximate surface area is 154 Å². The lowest BCUT2D eigenvalue weighted by atomic mass is 10.2. The summed E-state index contributed by atoms with van der Waals surface area (Å²) in [5.74, 6) is 0.216. The second-order valence-electron chi connectivity index (χ2n) is 5.07. The van der Waals surface area contributed by atoms with Crippen LogP contribution in [0.1, 0.15) is 0 Å². The van der Waals surface area contributed by atoms with Crippen LogP contribution in [0.5, 0.6) is 0 Å². The Morgan fingerprint density at radius 3 is 2.44 bits per heavy atom. The summed E-state index contributed by atoms with van der Waals surface area (Å²) in [7, 11) is 0. The fourth-order valence-electron chi connectivity index (χ4n) is 2.28. The topological polar surface area (TPSA) is 93.3 Å². The number of nitro groups is 1. The van der Waals surface area contributed by atoms with Crippen molar-refractivity contribution in [1.82, 2.24) is 9.55 Å². The molecule has 0 aliphatic rings. The van der Waals surface area contributed by atoms with Gasteiger partial charge in [-0.05, 0) is 29.2 Å². The lowest BCUT2D eigenvalue weighted by Gasteiger charge is -2.23. The van der Waals surface area contributed by atoms with Crippen LogP contribution >= 0.6 is 23.2 Å². The molecule has 1 aromatic heterocycles. The zero-order chi connectivity index (χ0) is 18.2. The number of carbonyl (C=O) groups is 1. The van der Waals surface area contributed by atoms with Crippen molar-refractivity contribution in [3.63, 3.8) is 0 Å². The Bertz CT molecular complexity index is 714. The van der Waals surface area contributed by atoms with Crippen molar-refractivity contribution >= 4 is 46.4 Å². The molecule has 10 heteroatoms. The zero-order valence-corrected chi connectivity index (χ0v) is 14.8. The van der Waals surface area contributed by atoms with Gasteiger partial charge in [0, 0.05) is 36.2 Å². The maximum absolute atomic E-state index is 12.1. The molecule has 0 saturated heterocycles. The Balaban J connectivity index is 1.99. The van der Waals surface area contributed by atoms with Crippen molar-refractivity contribution in [1.29, 1.82) is 0 Å². The number of nitrogens with zero attached hydrogens (tertiary/aromatic N) is 4. The number of carbonyl (C=O) groups excluding carboxylic acids is 1. The maximum atomic E-state index is 12.1. The number of nitrogens with one attached hydrogen (secondary N) is 1. The normalized spacial score (nSPS) is 10.5. The van der Waals surface area contributed by atoms with E-state index in [1.807, 2.05) is 17.0 Å². The first kappa shape index (κ1) is 19.0. The van der Waals surface area contributed by atoms with E-state index in [0.29, 0.717) is 30.5 Å². The van der Waals surface area contributed by atoms with E-state index in [1.54, 1.807) is 12.1 Å². The number of hydrogen-bond donors (Lipinski definition) is 1. The lowest BCUT2D eigenvalue weighted by Crippen LogP contribution is -2.27. The smallest absolute Gasteiger partial charge is 0.390 e. The number of hydrogen-bond acceptors (Lipinski definition) is 5. The number of benzene rings is 1. The minimum atomic E-state index is -0.635. The summed E-state index contributed by atoms with van der Waals surface area (Å²) < 4.78 is 1.17. The summed E-state index contributed by atoms with van der Waals surface area (Å²) in [6.45, 7) is 1.15. The molecule has 8 nitrogen and oxygen atoms in total.